The van der Waals surface area contributed by atoms with Crippen molar-refractivity contribution in [2.24, 2.45) is 0 Å². The molecule has 2 rings (SSSR count). The number of benzene rings is 2. The van der Waals surface area contributed by atoms with Crippen LogP contribution >= 0.6 is 0 Å². The summed E-state index contributed by atoms with van der Waals surface area (Å²) in [6.07, 6.45) is 0.960. The van der Waals surface area contributed by atoms with Crippen molar-refractivity contribution in [2.75, 3.05) is 13.6 Å². The third-order valence-electron chi connectivity index (χ3n) is 3.52. The van der Waals surface area contributed by atoms with E-state index >= 15 is 0 Å². The summed E-state index contributed by atoms with van der Waals surface area (Å²) >= 11 is 0. The maximum atomic E-state index is 9.45. The van der Waals surface area contributed by atoms with Crippen LogP contribution < -0.4 is 0 Å². The Morgan fingerprint density at radius 1 is 1.10 bits per heavy atom. The second-order valence-corrected chi connectivity index (χ2v) is 5.16. The second kappa shape index (κ2) is 6.88. The van der Waals surface area contributed by atoms with Crippen LogP contribution in [0.1, 0.15) is 22.7 Å². The van der Waals surface area contributed by atoms with Crippen LogP contribution in [0.5, 0.6) is 0 Å². The largest absolute Gasteiger partial charge is 0.287 e. The molecule has 0 saturated heterocycles. The Balaban J connectivity index is 2.03. The van der Waals surface area contributed by atoms with E-state index < -0.39 is 0 Å². The van der Waals surface area contributed by atoms with Crippen LogP contribution in [0.4, 0.5) is 0 Å². The van der Waals surface area contributed by atoms with E-state index in [4.69, 9.17) is 0 Å². The van der Waals surface area contributed by atoms with Gasteiger partial charge in [0, 0.05) is 6.54 Å². The van der Waals surface area contributed by atoms with Gasteiger partial charge in [-0.05, 0) is 31.5 Å². The number of hydrogen-bond acceptors (Lipinski definition) is 2. The number of nitriles is 1. The van der Waals surface area contributed by atoms with E-state index in [1.807, 2.05) is 25.2 Å². The van der Waals surface area contributed by atoms with E-state index in [2.05, 4.69) is 54.3 Å². The summed E-state index contributed by atoms with van der Waals surface area (Å²) in [7, 11) is 2.01. The third kappa shape index (κ3) is 3.69. The highest BCUT2D eigenvalue weighted by molar-refractivity contribution is 5.28. The zero-order chi connectivity index (χ0) is 14.4. The number of hydrogen-bond donors (Lipinski definition) is 0. The Bertz CT molecular complexity index is 584. The summed E-state index contributed by atoms with van der Waals surface area (Å²) in [5.41, 5.74) is 3.57. The molecule has 0 saturated carbocycles. The predicted molar refractivity (Wildman–Crippen MR) is 82.3 cm³/mol. The molecule has 0 radical (unpaired) electrons. The summed E-state index contributed by atoms with van der Waals surface area (Å²) in [6.45, 7) is 2.93. The highest BCUT2D eigenvalue weighted by atomic mass is 15.1. The first-order chi connectivity index (χ1) is 9.70. The van der Waals surface area contributed by atoms with Crippen molar-refractivity contribution in [1.82, 2.24) is 4.90 Å². The number of rotatable bonds is 5. The molecule has 102 valence electrons. The Morgan fingerprint density at radius 2 is 1.85 bits per heavy atom. The molecule has 2 aromatic carbocycles. The Labute approximate surface area is 121 Å². The number of aryl methyl sites for hydroxylation is 1. The van der Waals surface area contributed by atoms with E-state index in [0.29, 0.717) is 0 Å². The fraction of sp³-hybridized carbons (Fsp3) is 0.278. The molecule has 1 unspecified atom stereocenters. The quantitative estimate of drug-likeness (QED) is 0.822. The molecule has 2 aromatic rings. The van der Waals surface area contributed by atoms with Crippen molar-refractivity contribution in [3.05, 3.63) is 71.3 Å². The second-order valence-electron chi connectivity index (χ2n) is 5.16. The van der Waals surface area contributed by atoms with Crippen LogP contribution in [0.2, 0.25) is 0 Å². The average Bonchev–Trinajstić information content (AvgIpc) is 2.47. The van der Waals surface area contributed by atoms with Crippen LogP contribution in [0.15, 0.2) is 54.6 Å². The van der Waals surface area contributed by atoms with Gasteiger partial charge in [0.15, 0.2) is 0 Å². The molecule has 0 aliphatic carbocycles. The maximum Gasteiger partial charge on any atom is 0.123 e. The molecule has 2 heteroatoms. The Kier molecular flexibility index (Phi) is 4.92. The molecule has 0 amide bonds. The lowest BCUT2D eigenvalue weighted by molar-refractivity contribution is 0.295. The van der Waals surface area contributed by atoms with E-state index in [-0.39, 0.29) is 6.04 Å². The normalized spacial score (nSPS) is 12.1. The van der Waals surface area contributed by atoms with Crippen molar-refractivity contribution in [1.29, 1.82) is 5.26 Å². The summed E-state index contributed by atoms with van der Waals surface area (Å²) in [6, 6.07) is 20.8. The highest BCUT2D eigenvalue weighted by Crippen LogP contribution is 2.19. The van der Waals surface area contributed by atoms with Crippen LogP contribution in [0.3, 0.4) is 0 Å². The van der Waals surface area contributed by atoms with Gasteiger partial charge in [0.25, 0.3) is 0 Å². The van der Waals surface area contributed by atoms with Gasteiger partial charge in [0.2, 0.25) is 0 Å². The van der Waals surface area contributed by atoms with Crippen molar-refractivity contribution >= 4 is 0 Å². The topological polar surface area (TPSA) is 27.0 Å². The molecule has 0 fully saturated rings. The van der Waals surface area contributed by atoms with E-state index in [1.165, 1.54) is 11.1 Å². The molecule has 2 nitrogen and oxygen atoms in total. The molecule has 0 heterocycles. The monoisotopic (exact) mass is 264 g/mol. The van der Waals surface area contributed by atoms with Crippen LogP contribution in [0.25, 0.3) is 0 Å². The van der Waals surface area contributed by atoms with Crippen LogP contribution in [0, 0.1) is 18.3 Å². The lowest BCUT2D eigenvalue weighted by Crippen LogP contribution is -2.26. The van der Waals surface area contributed by atoms with Gasteiger partial charge in [-0.3, -0.25) is 4.90 Å². The molecular formula is C18H20N2. The Morgan fingerprint density at radius 3 is 2.50 bits per heavy atom. The van der Waals surface area contributed by atoms with Gasteiger partial charge in [0.1, 0.15) is 6.04 Å². The van der Waals surface area contributed by atoms with Crippen molar-refractivity contribution in [2.45, 2.75) is 19.4 Å². The smallest absolute Gasteiger partial charge is 0.123 e. The minimum Gasteiger partial charge on any atom is -0.287 e. The van der Waals surface area contributed by atoms with Gasteiger partial charge < -0.3 is 0 Å². The average molecular weight is 264 g/mol. The minimum absolute atomic E-state index is 0.182. The van der Waals surface area contributed by atoms with E-state index in [0.717, 1.165) is 18.5 Å². The standard InChI is InChI=1S/C18H20N2/c1-15-7-6-10-17(13-15)18(14-19)20(2)12-11-16-8-4-3-5-9-16/h3-10,13,18H,11-12H2,1-2H3. The van der Waals surface area contributed by atoms with Crippen LogP contribution in [-0.2, 0) is 6.42 Å². The predicted octanol–water partition coefficient (Wildman–Crippen LogP) is 3.73. The first-order valence-electron chi connectivity index (χ1n) is 6.91. The van der Waals surface area contributed by atoms with Gasteiger partial charge in [0.05, 0.1) is 6.07 Å². The lowest BCUT2D eigenvalue weighted by Gasteiger charge is -2.23. The molecule has 1 atom stereocenters. The number of likely N-dealkylation sites (N-methyl/N-ethyl adjacent to an activating group) is 1. The van der Waals surface area contributed by atoms with E-state index in [1.54, 1.807) is 0 Å². The molecular weight excluding hydrogens is 244 g/mol. The van der Waals surface area contributed by atoms with Gasteiger partial charge in [-0.2, -0.15) is 5.26 Å². The van der Waals surface area contributed by atoms with Crippen molar-refractivity contribution in [3.8, 4) is 6.07 Å². The van der Waals surface area contributed by atoms with Gasteiger partial charge >= 0.3 is 0 Å². The maximum absolute atomic E-state index is 9.45. The van der Waals surface area contributed by atoms with Gasteiger partial charge in [-0.25, -0.2) is 0 Å². The van der Waals surface area contributed by atoms with Gasteiger partial charge in [-0.1, -0.05) is 60.2 Å². The van der Waals surface area contributed by atoms with E-state index in [9.17, 15) is 5.26 Å². The zero-order valence-corrected chi connectivity index (χ0v) is 12.1. The highest BCUT2D eigenvalue weighted by Gasteiger charge is 2.16. The fourth-order valence-corrected chi connectivity index (χ4v) is 2.35. The zero-order valence-electron chi connectivity index (χ0n) is 12.1. The summed E-state index contributed by atoms with van der Waals surface area (Å²) in [4.78, 5) is 2.11. The molecule has 0 spiro atoms. The molecule has 0 bridgehead atoms. The summed E-state index contributed by atoms with van der Waals surface area (Å²) in [5.74, 6) is 0. The third-order valence-corrected chi connectivity index (χ3v) is 3.52. The first-order valence-corrected chi connectivity index (χ1v) is 6.91. The first kappa shape index (κ1) is 14.3. The van der Waals surface area contributed by atoms with Crippen molar-refractivity contribution < 1.29 is 0 Å². The number of nitrogens with zero attached hydrogens (tertiary/aromatic N) is 2. The van der Waals surface area contributed by atoms with Gasteiger partial charge in [-0.15, -0.1) is 0 Å². The molecule has 0 aliphatic heterocycles. The van der Waals surface area contributed by atoms with Crippen molar-refractivity contribution in [3.63, 3.8) is 0 Å². The summed E-state index contributed by atoms with van der Waals surface area (Å²) < 4.78 is 0. The lowest BCUT2D eigenvalue weighted by atomic mass is 10.0. The minimum atomic E-state index is -0.182. The molecule has 0 N–H and O–H groups in total. The SMILES string of the molecule is Cc1cccc(C(C#N)N(C)CCc2ccccc2)c1. The molecule has 0 aromatic heterocycles. The Hall–Kier alpha value is -2.11. The fourth-order valence-electron chi connectivity index (χ4n) is 2.35. The molecule has 20 heavy (non-hydrogen) atoms. The summed E-state index contributed by atoms with van der Waals surface area (Å²) in [5, 5.41) is 9.45. The van der Waals surface area contributed by atoms with Crippen LogP contribution in [-0.4, -0.2) is 18.5 Å². The molecule has 0 aliphatic rings.